The summed E-state index contributed by atoms with van der Waals surface area (Å²) in [5.41, 5.74) is 3.71. The van der Waals surface area contributed by atoms with Crippen molar-refractivity contribution in [1.82, 2.24) is 4.72 Å². The number of rotatable bonds is 8. The lowest BCUT2D eigenvalue weighted by atomic mass is 9.68. The second kappa shape index (κ2) is 12.3. The molecule has 5 atom stereocenters. The number of aryl methyl sites for hydroxylation is 1. The van der Waals surface area contributed by atoms with Crippen LogP contribution < -0.4 is 14.4 Å². The molecule has 0 radical (unpaired) electrons. The maximum atomic E-state index is 13.0. The van der Waals surface area contributed by atoms with Gasteiger partial charge in [0.2, 0.25) is 0 Å². The Kier molecular flexibility index (Phi) is 8.93. The second-order valence-electron chi connectivity index (χ2n) is 11.9. The SMILES string of the molecule is CC/C=C/C(O)C1CCC1CN1C[C@@]2(CCCc3cc(Cl)ccc32)COc2ccc(C(=O)NS(=O)C(C)C)cc21. The number of hydrogen-bond acceptors (Lipinski definition) is 5. The molecule has 1 heterocycles. The van der Waals surface area contributed by atoms with Gasteiger partial charge < -0.3 is 14.7 Å². The number of fused-ring (bicyclic) bond motifs is 3. The summed E-state index contributed by atoms with van der Waals surface area (Å²) in [6.45, 7) is 7.78. The van der Waals surface area contributed by atoms with Crippen molar-refractivity contribution >= 4 is 34.2 Å². The summed E-state index contributed by atoms with van der Waals surface area (Å²) in [6.07, 6.45) is 9.57. The first-order chi connectivity index (χ1) is 19.2. The maximum Gasteiger partial charge on any atom is 0.263 e. The van der Waals surface area contributed by atoms with E-state index in [1.165, 1.54) is 11.1 Å². The van der Waals surface area contributed by atoms with Gasteiger partial charge in [-0.15, -0.1) is 0 Å². The zero-order valence-electron chi connectivity index (χ0n) is 23.7. The Morgan fingerprint density at radius 1 is 1.27 bits per heavy atom. The third-order valence-electron chi connectivity index (χ3n) is 8.86. The highest BCUT2D eigenvalue weighted by molar-refractivity contribution is 7.84. The molecule has 40 heavy (non-hydrogen) atoms. The topological polar surface area (TPSA) is 78.9 Å². The van der Waals surface area contributed by atoms with Crippen molar-refractivity contribution in [1.29, 1.82) is 0 Å². The van der Waals surface area contributed by atoms with Gasteiger partial charge >= 0.3 is 0 Å². The minimum absolute atomic E-state index is 0.173. The molecule has 1 amide bonds. The Bertz CT molecular complexity index is 1300. The summed E-state index contributed by atoms with van der Waals surface area (Å²) >= 11 is 6.39. The molecule has 0 aromatic heterocycles. The van der Waals surface area contributed by atoms with Crippen LogP contribution in [0.3, 0.4) is 0 Å². The Morgan fingerprint density at radius 3 is 2.83 bits per heavy atom. The van der Waals surface area contributed by atoms with Crippen molar-refractivity contribution in [2.75, 3.05) is 24.6 Å². The van der Waals surface area contributed by atoms with E-state index in [0.29, 0.717) is 18.1 Å². The molecule has 1 fully saturated rings. The van der Waals surface area contributed by atoms with Crippen molar-refractivity contribution in [3.05, 3.63) is 70.3 Å². The highest BCUT2D eigenvalue weighted by Crippen LogP contribution is 2.46. The summed E-state index contributed by atoms with van der Waals surface area (Å²) in [7, 11) is -1.46. The fourth-order valence-electron chi connectivity index (χ4n) is 6.50. The number of nitrogens with zero attached hydrogens (tertiary/aromatic N) is 1. The number of benzene rings is 2. The van der Waals surface area contributed by atoms with Gasteiger partial charge in [0.25, 0.3) is 5.91 Å². The number of halogens is 1. The van der Waals surface area contributed by atoms with Gasteiger partial charge in [-0.2, -0.15) is 0 Å². The van der Waals surface area contributed by atoms with E-state index in [1.54, 1.807) is 6.07 Å². The number of aliphatic hydroxyl groups excluding tert-OH is 1. The maximum absolute atomic E-state index is 13.0. The quantitative estimate of drug-likeness (QED) is 0.374. The zero-order valence-corrected chi connectivity index (χ0v) is 25.3. The van der Waals surface area contributed by atoms with Crippen LogP contribution >= 0.6 is 11.6 Å². The van der Waals surface area contributed by atoms with Crippen molar-refractivity contribution in [3.8, 4) is 5.75 Å². The van der Waals surface area contributed by atoms with E-state index in [0.717, 1.165) is 68.1 Å². The van der Waals surface area contributed by atoms with Crippen molar-refractivity contribution in [2.24, 2.45) is 11.8 Å². The summed E-state index contributed by atoms with van der Waals surface area (Å²) in [5.74, 6) is 0.942. The van der Waals surface area contributed by atoms with E-state index < -0.39 is 17.1 Å². The lowest BCUT2D eigenvalue weighted by Crippen LogP contribution is -2.49. The van der Waals surface area contributed by atoms with Gasteiger partial charge in [0.05, 0.1) is 18.4 Å². The van der Waals surface area contributed by atoms with Crippen LogP contribution in [0.5, 0.6) is 5.75 Å². The molecule has 1 saturated carbocycles. The molecule has 1 aliphatic heterocycles. The molecule has 6 nitrogen and oxygen atoms in total. The summed E-state index contributed by atoms with van der Waals surface area (Å²) in [6, 6.07) is 11.7. The molecule has 2 N–H and O–H groups in total. The van der Waals surface area contributed by atoms with Crippen molar-refractivity contribution in [2.45, 2.75) is 76.1 Å². The number of amides is 1. The number of carbonyl (C=O) groups excluding carboxylic acids is 1. The first kappa shape index (κ1) is 29.2. The third-order valence-corrected chi connectivity index (χ3v) is 10.3. The van der Waals surface area contributed by atoms with E-state index in [2.05, 4.69) is 28.7 Å². The highest BCUT2D eigenvalue weighted by atomic mass is 35.5. The summed E-state index contributed by atoms with van der Waals surface area (Å²) in [5, 5.41) is 11.5. The van der Waals surface area contributed by atoms with E-state index in [9.17, 15) is 14.1 Å². The molecule has 216 valence electrons. The molecule has 4 unspecified atom stereocenters. The number of hydrogen-bond donors (Lipinski definition) is 2. The van der Waals surface area contributed by atoms with Crippen molar-refractivity contribution in [3.63, 3.8) is 0 Å². The number of aliphatic hydroxyl groups is 1. The lowest BCUT2D eigenvalue weighted by molar-refractivity contribution is 0.0456. The van der Waals surface area contributed by atoms with E-state index >= 15 is 0 Å². The molecule has 8 heteroatoms. The lowest BCUT2D eigenvalue weighted by Gasteiger charge is -2.45. The Hall–Kier alpha value is -2.35. The number of nitrogens with one attached hydrogen (secondary N) is 1. The van der Waals surface area contributed by atoms with Crippen LogP contribution in [0.2, 0.25) is 5.02 Å². The largest absolute Gasteiger partial charge is 0.490 e. The molecule has 2 aromatic carbocycles. The summed E-state index contributed by atoms with van der Waals surface area (Å²) < 4.78 is 21.5. The molecule has 3 aliphatic rings. The fourth-order valence-corrected chi connectivity index (χ4v) is 7.23. The monoisotopic (exact) mass is 584 g/mol. The van der Waals surface area contributed by atoms with Crippen LogP contribution in [0.25, 0.3) is 0 Å². The van der Waals surface area contributed by atoms with Gasteiger partial charge in [-0.25, -0.2) is 4.21 Å². The van der Waals surface area contributed by atoms with E-state index in [4.69, 9.17) is 16.3 Å². The number of carbonyl (C=O) groups is 1. The van der Waals surface area contributed by atoms with Crippen LogP contribution in [0.4, 0.5) is 5.69 Å². The van der Waals surface area contributed by atoms with Gasteiger partial charge in [0.1, 0.15) is 16.7 Å². The van der Waals surface area contributed by atoms with E-state index in [1.807, 2.05) is 44.2 Å². The number of ether oxygens (including phenoxy) is 1. The average Bonchev–Trinajstić information content (AvgIpc) is 3.06. The van der Waals surface area contributed by atoms with Gasteiger partial charge in [-0.05, 0) is 106 Å². The van der Waals surface area contributed by atoms with Crippen LogP contribution in [0.1, 0.15) is 74.4 Å². The first-order valence-electron chi connectivity index (χ1n) is 14.6. The van der Waals surface area contributed by atoms with Gasteiger partial charge in [-0.1, -0.05) is 36.7 Å². The van der Waals surface area contributed by atoms with Crippen LogP contribution in [0.15, 0.2) is 48.6 Å². The van der Waals surface area contributed by atoms with Crippen LogP contribution in [-0.2, 0) is 22.8 Å². The Labute approximate surface area is 245 Å². The molecular formula is C32H41ClN2O4S. The molecule has 0 bridgehead atoms. The number of anilines is 1. The van der Waals surface area contributed by atoms with Gasteiger partial charge in [0, 0.05) is 34.3 Å². The smallest absolute Gasteiger partial charge is 0.263 e. The highest BCUT2D eigenvalue weighted by Gasteiger charge is 2.44. The summed E-state index contributed by atoms with van der Waals surface area (Å²) in [4.78, 5) is 15.4. The third kappa shape index (κ3) is 5.97. The van der Waals surface area contributed by atoms with Crippen molar-refractivity contribution < 1.29 is 18.8 Å². The molecule has 5 rings (SSSR count). The Balaban J connectivity index is 1.50. The predicted octanol–water partition coefficient (Wildman–Crippen LogP) is 5.97. The standard InChI is InChI=1S/C32H41ClN2O4S/c1-4-5-8-29(36)26-12-9-24(26)18-35-19-32(15-6-7-22-16-25(33)11-13-27(22)32)20-39-30-14-10-23(17-28(30)35)31(37)34-40(38)21(2)3/h5,8,10-11,13-14,16-17,21,24,26,29,36H,4,6-7,9,12,15,18-20H2,1-3H3,(H,34,37)/b8-5+/t24?,26?,29?,32-,40?/m0/s1. The second-order valence-corrected chi connectivity index (χ2v) is 14.1. The molecule has 1 spiro atoms. The minimum atomic E-state index is -1.46. The van der Waals surface area contributed by atoms with Crippen LogP contribution in [-0.4, -0.2) is 46.3 Å². The number of allylic oxidation sites excluding steroid dienone is 1. The molecule has 2 aromatic rings. The minimum Gasteiger partial charge on any atom is -0.490 e. The normalized spacial score (nSPS) is 25.5. The van der Waals surface area contributed by atoms with Gasteiger partial charge in [0.15, 0.2) is 0 Å². The molecule has 2 aliphatic carbocycles. The van der Waals surface area contributed by atoms with E-state index in [-0.39, 0.29) is 22.5 Å². The first-order valence-corrected chi connectivity index (χ1v) is 16.2. The average molecular weight is 585 g/mol. The fraction of sp³-hybridized carbons (Fsp3) is 0.531. The molecule has 0 saturated heterocycles. The Morgan fingerprint density at radius 2 is 2.10 bits per heavy atom. The molecular weight excluding hydrogens is 544 g/mol. The predicted molar refractivity (Wildman–Crippen MR) is 163 cm³/mol. The zero-order chi connectivity index (χ0) is 28.4. The van der Waals surface area contributed by atoms with Crippen LogP contribution in [0, 0.1) is 11.8 Å². The van der Waals surface area contributed by atoms with Gasteiger partial charge in [-0.3, -0.25) is 9.52 Å².